The third kappa shape index (κ3) is 4.30. The summed E-state index contributed by atoms with van der Waals surface area (Å²) in [5.74, 6) is 0. The molecule has 0 aliphatic heterocycles. The molecule has 0 bridgehead atoms. The van der Waals surface area contributed by atoms with Crippen molar-refractivity contribution < 1.29 is 0 Å². The number of thiophene rings is 1. The Balaban J connectivity index is 1.02. The molecule has 0 spiro atoms. The lowest BCUT2D eigenvalue weighted by atomic mass is 9.97. The van der Waals surface area contributed by atoms with Crippen molar-refractivity contribution in [3.05, 3.63) is 164 Å². The van der Waals surface area contributed by atoms with E-state index in [1.54, 1.807) is 6.33 Å². The van der Waals surface area contributed by atoms with Crippen molar-refractivity contribution in [3.63, 3.8) is 0 Å². The molecule has 0 N–H and O–H groups in total. The highest BCUT2D eigenvalue weighted by atomic mass is 32.1. The fourth-order valence-electron chi connectivity index (χ4n) is 7.82. The number of aromatic nitrogens is 5. The first-order valence-corrected chi connectivity index (χ1v) is 17.8. The topological polar surface area (TPSA) is 48.5 Å². The molecule has 0 atom stereocenters. The van der Waals surface area contributed by atoms with Crippen LogP contribution in [-0.2, 0) is 0 Å². The lowest BCUT2D eigenvalue weighted by Gasteiger charge is -2.11. The Morgan fingerprint density at radius 3 is 1.82 bits per heavy atom. The molecule has 6 heteroatoms. The summed E-state index contributed by atoms with van der Waals surface area (Å²) in [6, 6.07) is 52.8. The average molecular weight is 670 g/mol. The minimum absolute atomic E-state index is 0.860. The van der Waals surface area contributed by atoms with Crippen LogP contribution in [0.15, 0.2) is 164 Å². The van der Waals surface area contributed by atoms with Gasteiger partial charge in [-0.1, -0.05) is 72.8 Å². The molecule has 0 amide bonds. The lowest BCUT2D eigenvalue weighted by molar-refractivity contribution is 1.15. The molecule has 11 aromatic rings. The van der Waals surface area contributed by atoms with Gasteiger partial charge < -0.3 is 9.13 Å². The first-order chi connectivity index (χ1) is 25.3. The number of hydrogen-bond acceptors (Lipinski definition) is 4. The summed E-state index contributed by atoms with van der Waals surface area (Å²) in [7, 11) is 0. The summed E-state index contributed by atoms with van der Waals surface area (Å²) in [6.07, 6.45) is 5.29. The van der Waals surface area contributed by atoms with Crippen molar-refractivity contribution >= 4 is 75.4 Å². The van der Waals surface area contributed by atoms with Crippen LogP contribution in [0.1, 0.15) is 0 Å². The zero-order chi connectivity index (χ0) is 33.5. The Labute approximate surface area is 296 Å². The first kappa shape index (κ1) is 28.2. The van der Waals surface area contributed by atoms with Crippen molar-refractivity contribution in [2.24, 2.45) is 0 Å². The minimum atomic E-state index is 0.860. The van der Waals surface area contributed by atoms with Crippen LogP contribution < -0.4 is 0 Å². The number of benzene rings is 6. The minimum Gasteiger partial charge on any atom is -0.309 e. The normalized spacial score (nSPS) is 11.9. The lowest BCUT2D eigenvalue weighted by Crippen LogP contribution is -1.94. The van der Waals surface area contributed by atoms with E-state index < -0.39 is 0 Å². The van der Waals surface area contributed by atoms with E-state index in [2.05, 4.69) is 164 Å². The summed E-state index contributed by atoms with van der Waals surface area (Å²) in [4.78, 5) is 13.6. The molecule has 51 heavy (non-hydrogen) atoms. The van der Waals surface area contributed by atoms with Crippen LogP contribution in [0.2, 0.25) is 0 Å². The smallest absolute Gasteiger partial charge is 0.118 e. The summed E-state index contributed by atoms with van der Waals surface area (Å²) >= 11 is 1.83. The molecule has 0 fully saturated rings. The van der Waals surface area contributed by atoms with E-state index in [9.17, 15) is 0 Å². The van der Waals surface area contributed by atoms with Gasteiger partial charge in [0.2, 0.25) is 0 Å². The third-order valence-corrected chi connectivity index (χ3v) is 11.3. The largest absolute Gasteiger partial charge is 0.309 e. The second-order valence-corrected chi connectivity index (χ2v) is 14.0. The molecule has 0 unspecified atom stereocenters. The van der Waals surface area contributed by atoms with E-state index in [0.29, 0.717) is 0 Å². The maximum absolute atomic E-state index is 4.66. The van der Waals surface area contributed by atoms with Gasteiger partial charge >= 0.3 is 0 Å². The Morgan fingerprint density at radius 1 is 0.412 bits per heavy atom. The van der Waals surface area contributed by atoms with Crippen LogP contribution >= 0.6 is 11.3 Å². The second-order valence-electron chi connectivity index (χ2n) is 13.0. The number of para-hydroxylation sites is 2. The Hall–Kier alpha value is -6.63. The zero-order valence-electron chi connectivity index (χ0n) is 27.2. The van der Waals surface area contributed by atoms with E-state index in [1.165, 1.54) is 64.2 Å². The van der Waals surface area contributed by atoms with E-state index >= 15 is 0 Å². The molecule has 5 aromatic heterocycles. The second kappa shape index (κ2) is 10.9. The molecule has 0 saturated carbocycles. The van der Waals surface area contributed by atoms with Crippen LogP contribution in [0.5, 0.6) is 0 Å². The monoisotopic (exact) mass is 669 g/mol. The van der Waals surface area contributed by atoms with Crippen LogP contribution in [0.25, 0.3) is 97.7 Å². The van der Waals surface area contributed by atoms with Crippen LogP contribution in [0, 0.1) is 0 Å². The highest BCUT2D eigenvalue weighted by Crippen LogP contribution is 2.40. The van der Waals surface area contributed by atoms with Gasteiger partial charge in [0.25, 0.3) is 0 Å². The predicted octanol–water partition coefficient (Wildman–Crippen LogP) is 11.8. The molecule has 0 aliphatic carbocycles. The van der Waals surface area contributed by atoms with Gasteiger partial charge in [0.1, 0.15) is 17.4 Å². The molecule has 0 aliphatic rings. The van der Waals surface area contributed by atoms with Gasteiger partial charge in [-0.05, 0) is 95.1 Å². The average Bonchev–Trinajstić information content (AvgIpc) is 3.85. The van der Waals surface area contributed by atoms with Crippen molar-refractivity contribution in [3.8, 4) is 33.6 Å². The van der Waals surface area contributed by atoms with Crippen LogP contribution in [-0.4, -0.2) is 24.1 Å². The van der Waals surface area contributed by atoms with Crippen LogP contribution in [0.4, 0.5) is 0 Å². The number of hydrogen-bond donors (Lipinski definition) is 0. The molecular formula is C45H27N5S. The quantitative estimate of drug-likeness (QED) is 0.187. The summed E-state index contributed by atoms with van der Waals surface area (Å²) in [6.45, 7) is 0. The van der Waals surface area contributed by atoms with Gasteiger partial charge in [-0.25, -0.2) is 9.97 Å². The van der Waals surface area contributed by atoms with E-state index in [1.807, 2.05) is 29.8 Å². The van der Waals surface area contributed by atoms with Gasteiger partial charge in [-0.2, -0.15) is 0 Å². The molecule has 6 aromatic carbocycles. The number of fused-ring (bicyclic) bond motifs is 9. The van der Waals surface area contributed by atoms with Gasteiger partial charge in [0, 0.05) is 48.5 Å². The zero-order valence-corrected chi connectivity index (χ0v) is 28.0. The number of pyridine rings is 1. The van der Waals surface area contributed by atoms with Gasteiger partial charge in [0.15, 0.2) is 0 Å². The Kier molecular flexibility index (Phi) is 6.05. The van der Waals surface area contributed by atoms with Crippen molar-refractivity contribution in [1.29, 1.82) is 0 Å². The van der Waals surface area contributed by atoms with Crippen molar-refractivity contribution in [2.75, 3.05) is 0 Å². The molecule has 238 valence electrons. The number of nitrogens with zero attached hydrogens (tertiary/aromatic N) is 5. The number of rotatable bonds is 4. The highest BCUT2D eigenvalue weighted by Gasteiger charge is 2.17. The molecule has 5 nitrogen and oxygen atoms in total. The third-order valence-electron chi connectivity index (χ3n) is 10.1. The molecule has 0 saturated heterocycles. The summed E-state index contributed by atoms with van der Waals surface area (Å²) in [5, 5.41) is 5.03. The SMILES string of the molecule is c1cc(-c2cccc(-n3c4ccccc4c4ccccc43)c2)cc(-c2ccc3sc4ccc(-n5c6cccnc6c6ncncc65)cc4c3c2)c1. The van der Waals surface area contributed by atoms with E-state index in [-0.39, 0.29) is 0 Å². The highest BCUT2D eigenvalue weighted by molar-refractivity contribution is 7.25. The Bertz CT molecular complexity index is 3060. The van der Waals surface area contributed by atoms with E-state index in [0.717, 1.165) is 33.4 Å². The maximum atomic E-state index is 4.66. The summed E-state index contributed by atoms with van der Waals surface area (Å²) < 4.78 is 7.14. The standard InChI is InChI=1S/C45H27N5S/c1-3-14-38-34(12-1)35-13-2-4-15-39(35)49(38)32-11-6-10-30(23-32)28-8-5-9-29(22-28)31-17-19-42-36(24-31)37-25-33(18-20-43(37)51-42)50-40-16-7-21-47-44(40)45-41(50)26-46-27-48-45/h1-27H. The van der Waals surface area contributed by atoms with Crippen molar-refractivity contribution in [1.82, 2.24) is 24.1 Å². The molecular weight excluding hydrogens is 643 g/mol. The summed E-state index contributed by atoms with van der Waals surface area (Å²) in [5.41, 5.74) is 13.1. The Morgan fingerprint density at radius 2 is 1.02 bits per heavy atom. The van der Waals surface area contributed by atoms with Crippen molar-refractivity contribution in [2.45, 2.75) is 0 Å². The fraction of sp³-hybridized carbons (Fsp3) is 0. The van der Waals surface area contributed by atoms with Gasteiger partial charge in [0.05, 0.1) is 28.3 Å². The fourth-order valence-corrected chi connectivity index (χ4v) is 8.89. The predicted molar refractivity (Wildman–Crippen MR) is 212 cm³/mol. The molecule has 11 rings (SSSR count). The van der Waals surface area contributed by atoms with Gasteiger partial charge in [-0.3, -0.25) is 4.98 Å². The van der Waals surface area contributed by atoms with Crippen LogP contribution in [0.3, 0.4) is 0 Å². The first-order valence-electron chi connectivity index (χ1n) is 17.0. The molecule has 5 heterocycles. The maximum Gasteiger partial charge on any atom is 0.118 e. The van der Waals surface area contributed by atoms with Gasteiger partial charge in [-0.15, -0.1) is 11.3 Å². The van der Waals surface area contributed by atoms with E-state index in [4.69, 9.17) is 0 Å². The molecule has 0 radical (unpaired) electrons.